The summed E-state index contributed by atoms with van der Waals surface area (Å²) in [5, 5.41) is 0.239. The van der Waals surface area contributed by atoms with Crippen LogP contribution in [-0.4, -0.2) is 41.5 Å². The molecule has 1 amide bonds. The summed E-state index contributed by atoms with van der Waals surface area (Å²) in [6, 6.07) is 2.90. The molecule has 0 radical (unpaired) electrons. The van der Waals surface area contributed by atoms with Crippen molar-refractivity contribution in [2.24, 2.45) is 0 Å². The minimum absolute atomic E-state index is 0.0903. The zero-order valence-electron chi connectivity index (χ0n) is 10.5. The van der Waals surface area contributed by atoms with Crippen LogP contribution in [0, 0.1) is 0 Å². The molecule has 0 unspecified atom stereocenters. The van der Waals surface area contributed by atoms with Crippen molar-refractivity contribution in [3.8, 4) is 0 Å². The highest BCUT2D eigenvalue weighted by Crippen LogP contribution is 2.12. The summed E-state index contributed by atoms with van der Waals surface area (Å²) in [5.41, 5.74) is 0.396. The van der Waals surface area contributed by atoms with Gasteiger partial charge in [-0.2, -0.15) is 0 Å². The fourth-order valence-electron chi connectivity index (χ4n) is 1.39. The van der Waals surface area contributed by atoms with Gasteiger partial charge in [-0.1, -0.05) is 11.6 Å². The lowest BCUT2D eigenvalue weighted by atomic mass is 10.2. The highest BCUT2D eigenvalue weighted by molar-refractivity contribution is 6.29. The van der Waals surface area contributed by atoms with Gasteiger partial charge in [-0.05, 0) is 26.0 Å². The van der Waals surface area contributed by atoms with Crippen LogP contribution < -0.4 is 0 Å². The Bertz CT molecular complexity index is 449. The van der Waals surface area contributed by atoms with Crippen molar-refractivity contribution in [2.75, 3.05) is 13.7 Å². The fraction of sp³-hybridized carbons (Fsp3) is 0.417. The molecule has 0 bridgehead atoms. The smallest absolute Gasteiger partial charge is 0.325 e. The molecule has 5 nitrogen and oxygen atoms in total. The predicted molar refractivity (Wildman–Crippen MR) is 67.4 cm³/mol. The number of hydrogen-bond acceptors (Lipinski definition) is 4. The van der Waals surface area contributed by atoms with Crippen LogP contribution in [0.3, 0.4) is 0 Å². The third-order valence-corrected chi connectivity index (χ3v) is 2.59. The van der Waals surface area contributed by atoms with Gasteiger partial charge in [0.25, 0.3) is 5.91 Å². The molecule has 0 saturated carbocycles. The van der Waals surface area contributed by atoms with Crippen LogP contribution >= 0.6 is 11.6 Å². The van der Waals surface area contributed by atoms with E-state index in [1.165, 1.54) is 24.3 Å². The van der Waals surface area contributed by atoms with E-state index in [0.717, 1.165) is 0 Å². The summed E-state index contributed by atoms with van der Waals surface area (Å²) in [7, 11) is 1.29. The Morgan fingerprint density at radius 3 is 2.67 bits per heavy atom. The fourth-order valence-corrected chi connectivity index (χ4v) is 1.57. The van der Waals surface area contributed by atoms with Crippen molar-refractivity contribution in [3.05, 3.63) is 29.0 Å². The van der Waals surface area contributed by atoms with Crippen LogP contribution in [0.2, 0.25) is 5.15 Å². The predicted octanol–water partition coefficient (Wildman–Crippen LogP) is 1.76. The van der Waals surface area contributed by atoms with Crippen molar-refractivity contribution in [3.63, 3.8) is 0 Å². The Hall–Kier alpha value is -1.62. The quantitative estimate of drug-likeness (QED) is 0.618. The monoisotopic (exact) mass is 270 g/mol. The lowest BCUT2D eigenvalue weighted by Crippen LogP contribution is -2.41. The highest BCUT2D eigenvalue weighted by atomic mass is 35.5. The number of carbonyl (C=O) groups is 2. The van der Waals surface area contributed by atoms with E-state index in [1.54, 1.807) is 6.07 Å². The maximum atomic E-state index is 12.2. The summed E-state index contributed by atoms with van der Waals surface area (Å²) in [5.74, 6) is -0.739. The maximum Gasteiger partial charge on any atom is 0.325 e. The molecule has 0 fully saturated rings. The van der Waals surface area contributed by atoms with E-state index in [4.69, 9.17) is 11.6 Å². The Labute approximate surface area is 111 Å². The summed E-state index contributed by atoms with van der Waals surface area (Å²) in [4.78, 5) is 28.7. The molecular weight excluding hydrogens is 256 g/mol. The van der Waals surface area contributed by atoms with Gasteiger partial charge in [0.1, 0.15) is 11.7 Å². The molecule has 1 heterocycles. The molecule has 0 aliphatic heterocycles. The average molecular weight is 271 g/mol. The Kier molecular flexibility index (Phi) is 5.09. The van der Waals surface area contributed by atoms with E-state index >= 15 is 0 Å². The van der Waals surface area contributed by atoms with Crippen LogP contribution in [0.25, 0.3) is 0 Å². The van der Waals surface area contributed by atoms with Gasteiger partial charge in [0.05, 0.1) is 7.11 Å². The average Bonchev–Trinajstić information content (AvgIpc) is 2.34. The van der Waals surface area contributed by atoms with E-state index in [9.17, 15) is 9.59 Å². The minimum atomic E-state index is -0.461. The van der Waals surface area contributed by atoms with Crippen molar-refractivity contribution in [1.82, 2.24) is 9.88 Å². The highest BCUT2D eigenvalue weighted by Gasteiger charge is 2.22. The Morgan fingerprint density at radius 1 is 1.50 bits per heavy atom. The molecule has 0 N–H and O–H groups in total. The number of ether oxygens (including phenoxy) is 1. The molecule has 0 saturated heterocycles. The van der Waals surface area contributed by atoms with E-state index in [2.05, 4.69) is 9.72 Å². The summed E-state index contributed by atoms with van der Waals surface area (Å²) in [6.45, 7) is 3.56. The zero-order valence-corrected chi connectivity index (χ0v) is 11.3. The van der Waals surface area contributed by atoms with Gasteiger partial charge >= 0.3 is 5.97 Å². The molecule has 0 atom stereocenters. The Balaban J connectivity index is 2.93. The second kappa shape index (κ2) is 6.35. The standard InChI is InChI=1S/C12H15ClN2O3/c1-8(2)15(7-11(16)18-3)12(17)9-4-5-14-10(13)6-9/h4-6,8H,7H2,1-3H3. The topological polar surface area (TPSA) is 59.5 Å². The SMILES string of the molecule is COC(=O)CN(C(=O)c1ccnc(Cl)c1)C(C)C. The summed E-state index contributed by atoms with van der Waals surface area (Å²) < 4.78 is 4.57. The first-order valence-corrected chi connectivity index (χ1v) is 5.83. The number of carbonyl (C=O) groups excluding carboxylic acids is 2. The number of esters is 1. The molecule has 98 valence electrons. The Morgan fingerprint density at radius 2 is 2.17 bits per heavy atom. The molecule has 0 spiro atoms. The van der Waals surface area contributed by atoms with Crippen LogP contribution in [0.5, 0.6) is 0 Å². The molecule has 1 aromatic rings. The first kappa shape index (κ1) is 14.4. The third-order valence-electron chi connectivity index (χ3n) is 2.38. The largest absolute Gasteiger partial charge is 0.468 e. The summed E-state index contributed by atoms with van der Waals surface area (Å²) >= 11 is 5.73. The van der Waals surface area contributed by atoms with Crippen LogP contribution in [-0.2, 0) is 9.53 Å². The molecule has 0 aliphatic rings. The van der Waals surface area contributed by atoms with E-state index in [1.807, 2.05) is 13.8 Å². The van der Waals surface area contributed by atoms with Gasteiger partial charge in [0.2, 0.25) is 0 Å². The number of hydrogen-bond donors (Lipinski definition) is 0. The number of aromatic nitrogens is 1. The van der Waals surface area contributed by atoms with Gasteiger partial charge in [0.15, 0.2) is 0 Å². The molecule has 1 aromatic heterocycles. The van der Waals surface area contributed by atoms with Crippen molar-refractivity contribution in [2.45, 2.75) is 19.9 Å². The van der Waals surface area contributed by atoms with Crippen molar-refractivity contribution in [1.29, 1.82) is 0 Å². The number of rotatable bonds is 4. The van der Waals surface area contributed by atoms with Gasteiger partial charge in [0, 0.05) is 17.8 Å². The molecular formula is C12H15ClN2O3. The minimum Gasteiger partial charge on any atom is -0.468 e. The lowest BCUT2D eigenvalue weighted by Gasteiger charge is -2.25. The number of nitrogens with zero attached hydrogens (tertiary/aromatic N) is 2. The van der Waals surface area contributed by atoms with E-state index in [0.29, 0.717) is 5.56 Å². The normalized spacial score (nSPS) is 10.3. The second-order valence-electron chi connectivity index (χ2n) is 3.97. The van der Waals surface area contributed by atoms with Crippen molar-refractivity contribution < 1.29 is 14.3 Å². The van der Waals surface area contributed by atoms with Gasteiger partial charge in [-0.25, -0.2) is 4.98 Å². The van der Waals surface area contributed by atoms with E-state index in [-0.39, 0.29) is 23.6 Å². The van der Waals surface area contributed by atoms with Gasteiger partial charge < -0.3 is 9.64 Å². The zero-order chi connectivity index (χ0) is 13.7. The van der Waals surface area contributed by atoms with Crippen LogP contribution in [0.1, 0.15) is 24.2 Å². The molecule has 0 aromatic carbocycles. The number of amides is 1. The van der Waals surface area contributed by atoms with Crippen LogP contribution in [0.4, 0.5) is 0 Å². The molecule has 1 rings (SSSR count). The van der Waals surface area contributed by atoms with Gasteiger partial charge in [-0.3, -0.25) is 9.59 Å². The number of methoxy groups -OCH3 is 1. The first-order chi connectivity index (χ1) is 8.45. The third kappa shape index (κ3) is 3.70. The maximum absolute atomic E-state index is 12.2. The molecule has 18 heavy (non-hydrogen) atoms. The molecule has 6 heteroatoms. The number of halogens is 1. The van der Waals surface area contributed by atoms with Crippen LogP contribution in [0.15, 0.2) is 18.3 Å². The lowest BCUT2D eigenvalue weighted by molar-refractivity contribution is -0.141. The first-order valence-electron chi connectivity index (χ1n) is 5.45. The second-order valence-corrected chi connectivity index (χ2v) is 4.36. The van der Waals surface area contributed by atoms with Crippen molar-refractivity contribution >= 4 is 23.5 Å². The van der Waals surface area contributed by atoms with E-state index < -0.39 is 5.97 Å². The number of pyridine rings is 1. The molecule has 0 aliphatic carbocycles. The summed E-state index contributed by atoms with van der Waals surface area (Å²) in [6.07, 6.45) is 1.45. The van der Waals surface area contributed by atoms with Gasteiger partial charge in [-0.15, -0.1) is 0 Å².